The Hall–Kier alpha value is -1.42. The van der Waals surface area contributed by atoms with E-state index in [2.05, 4.69) is 20.9 Å². The molecule has 0 saturated carbocycles. The summed E-state index contributed by atoms with van der Waals surface area (Å²) in [6.07, 6.45) is 4.70. The zero-order valence-electron chi connectivity index (χ0n) is 7.22. The lowest BCUT2D eigenvalue weighted by Gasteiger charge is -2.00. The van der Waals surface area contributed by atoms with Crippen LogP contribution >= 0.6 is 15.9 Å². The maximum absolute atomic E-state index is 11.7. The van der Waals surface area contributed by atoms with Crippen molar-refractivity contribution < 1.29 is 4.79 Å². The predicted octanol–water partition coefficient (Wildman–Crippen LogP) is 2.33. The van der Waals surface area contributed by atoms with Gasteiger partial charge in [-0.05, 0) is 24.3 Å². The van der Waals surface area contributed by atoms with Gasteiger partial charge in [0.2, 0.25) is 0 Å². The van der Waals surface area contributed by atoms with E-state index in [0.717, 1.165) is 4.47 Å². The Morgan fingerprint density at radius 3 is 2.57 bits per heavy atom. The predicted molar refractivity (Wildman–Crippen MR) is 56.1 cm³/mol. The smallest absolute Gasteiger partial charge is 0.263 e. The molecule has 0 atom stereocenters. The molecule has 2 aromatic rings. The first-order valence-corrected chi connectivity index (χ1v) is 4.85. The average Bonchev–Trinajstić information content (AvgIpc) is 2.71. The van der Waals surface area contributed by atoms with Gasteiger partial charge < -0.3 is 0 Å². The van der Waals surface area contributed by atoms with E-state index in [1.165, 1.54) is 10.9 Å². The standard InChI is InChI=1S/C10H7BrN2O/c11-9-3-1-8(2-4-9)10(14)13-6-5-12-7-13/h1-7H. The molecule has 3 nitrogen and oxygen atoms in total. The van der Waals surface area contributed by atoms with E-state index in [9.17, 15) is 4.79 Å². The minimum absolute atomic E-state index is 0.0741. The second kappa shape index (κ2) is 3.75. The van der Waals surface area contributed by atoms with Crippen LogP contribution in [0.1, 0.15) is 10.4 Å². The highest BCUT2D eigenvalue weighted by Crippen LogP contribution is 2.11. The number of hydrogen-bond acceptors (Lipinski definition) is 2. The van der Waals surface area contributed by atoms with Crippen molar-refractivity contribution in [2.75, 3.05) is 0 Å². The first kappa shape index (κ1) is 9.15. The van der Waals surface area contributed by atoms with Gasteiger partial charge in [0, 0.05) is 22.4 Å². The van der Waals surface area contributed by atoms with Gasteiger partial charge in [-0.2, -0.15) is 0 Å². The van der Waals surface area contributed by atoms with E-state index < -0.39 is 0 Å². The Morgan fingerprint density at radius 1 is 1.29 bits per heavy atom. The molecule has 0 aliphatic rings. The topological polar surface area (TPSA) is 34.9 Å². The lowest BCUT2D eigenvalue weighted by atomic mass is 10.2. The maximum Gasteiger partial charge on any atom is 0.263 e. The number of carbonyl (C=O) groups excluding carboxylic acids is 1. The molecule has 1 aromatic carbocycles. The minimum atomic E-state index is -0.0741. The van der Waals surface area contributed by atoms with Crippen molar-refractivity contribution >= 4 is 21.8 Å². The molecule has 0 spiro atoms. The normalized spacial score (nSPS) is 10.1. The third-order valence-electron chi connectivity index (χ3n) is 1.83. The summed E-state index contributed by atoms with van der Waals surface area (Å²) in [7, 11) is 0. The zero-order valence-corrected chi connectivity index (χ0v) is 8.81. The van der Waals surface area contributed by atoms with Gasteiger partial charge in [-0.3, -0.25) is 9.36 Å². The van der Waals surface area contributed by atoms with Crippen molar-refractivity contribution in [3.8, 4) is 0 Å². The van der Waals surface area contributed by atoms with Gasteiger partial charge in [0.25, 0.3) is 5.91 Å². The Balaban J connectivity index is 2.33. The van der Waals surface area contributed by atoms with E-state index in [-0.39, 0.29) is 5.91 Å². The number of rotatable bonds is 1. The highest BCUT2D eigenvalue weighted by atomic mass is 79.9. The Labute approximate surface area is 89.5 Å². The van der Waals surface area contributed by atoms with Crippen LogP contribution in [0.4, 0.5) is 0 Å². The number of nitrogens with zero attached hydrogens (tertiary/aromatic N) is 2. The summed E-state index contributed by atoms with van der Waals surface area (Å²) in [5, 5.41) is 0. The van der Waals surface area contributed by atoms with Gasteiger partial charge >= 0.3 is 0 Å². The summed E-state index contributed by atoms with van der Waals surface area (Å²) in [4.78, 5) is 15.5. The lowest BCUT2D eigenvalue weighted by molar-refractivity contribution is 0.0960. The quantitative estimate of drug-likeness (QED) is 0.779. The summed E-state index contributed by atoms with van der Waals surface area (Å²) in [5.74, 6) is -0.0741. The highest BCUT2D eigenvalue weighted by Gasteiger charge is 2.06. The number of benzene rings is 1. The van der Waals surface area contributed by atoms with E-state index >= 15 is 0 Å². The Bertz CT molecular complexity index is 434. The number of imidazole rings is 1. The molecule has 14 heavy (non-hydrogen) atoms. The van der Waals surface area contributed by atoms with E-state index in [1.807, 2.05) is 12.1 Å². The van der Waals surface area contributed by atoms with Crippen molar-refractivity contribution in [3.63, 3.8) is 0 Å². The van der Waals surface area contributed by atoms with Crippen LogP contribution in [0.25, 0.3) is 0 Å². The Kier molecular flexibility index (Phi) is 2.45. The molecule has 0 radical (unpaired) electrons. The lowest BCUT2D eigenvalue weighted by Crippen LogP contribution is -2.09. The maximum atomic E-state index is 11.7. The fourth-order valence-corrected chi connectivity index (χ4v) is 1.39. The van der Waals surface area contributed by atoms with Crippen LogP contribution in [0, 0.1) is 0 Å². The average molecular weight is 251 g/mol. The second-order valence-corrected chi connectivity index (χ2v) is 3.70. The largest absolute Gasteiger partial charge is 0.272 e. The molecule has 0 saturated heterocycles. The Morgan fingerprint density at radius 2 is 2.00 bits per heavy atom. The molecule has 0 bridgehead atoms. The van der Waals surface area contributed by atoms with E-state index in [1.54, 1.807) is 24.5 Å². The van der Waals surface area contributed by atoms with Crippen LogP contribution in [0.2, 0.25) is 0 Å². The molecule has 0 fully saturated rings. The summed E-state index contributed by atoms with van der Waals surface area (Å²) < 4.78 is 2.41. The van der Waals surface area contributed by atoms with Crippen LogP contribution in [0.3, 0.4) is 0 Å². The van der Waals surface area contributed by atoms with Crippen LogP contribution in [-0.2, 0) is 0 Å². The van der Waals surface area contributed by atoms with Gasteiger partial charge in [-0.25, -0.2) is 4.98 Å². The molecule has 0 N–H and O–H groups in total. The fourth-order valence-electron chi connectivity index (χ4n) is 1.12. The van der Waals surface area contributed by atoms with Crippen molar-refractivity contribution in [2.45, 2.75) is 0 Å². The molecular weight excluding hydrogens is 244 g/mol. The zero-order chi connectivity index (χ0) is 9.97. The molecule has 1 heterocycles. The molecule has 70 valence electrons. The highest BCUT2D eigenvalue weighted by molar-refractivity contribution is 9.10. The summed E-state index contributed by atoms with van der Waals surface area (Å²) in [6.45, 7) is 0. The third kappa shape index (κ3) is 1.75. The van der Waals surface area contributed by atoms with Gasteiger partial charge in [0.15, 0.2) is 0 Å². The van der Waals surface area contributed by atoms with Crippen molar-refractivity contribution in [1.29, 1.82) is 0 Å². The number of halogens is 1. The third-order valence-corrected chi connectivity index (χ3v) is 2.36. The monoisotopic (exact) mass is 250 g/mol. The van der Waals surface area contributed by atoms with Crippen LogP contribution in [-0.4, -0.2) is 15.5 Å². The van der Waals surface area contributed by atoms with Gasteiger partial charge in [0.1, 0.15) is 6.33 Å². The molecule has 2 rings (SSSR count). The molecule has 0 unspecified atom stereocenters. The molecule has 1 aromatic heterocycles. The number of carbonyl (C=O) groups is 1. The van der Waals surface area contributed by atoms with Gasteiger partial charge in [0.05, 0.1) is 0 Å². The molecular formula is C10H7BrN2O. The fraction of sp³-hybridized carbons (Fsp3) is 0. The van der Waals surface area contributed by atoms with Gasteiger partial charge in [-0.1, -0.05) is 15.9 Å². The van der Waals surface area contributed by atoms with Gasteiger partial charge in [-0.15, -0.1) is 0 Å². The first-order chi connectivity index (χ1) is 6.77. The van der Waals surface area contributed by atoms with Crippen LogP contribution in [0.5, 0.6) is 0 Å². The SMILES string of the molecule is O=C(c1ccc(Br)cc1)n1ccnc1. The second-order valence-electron chi connectivity index (χ2n) is 2.78. The summed E-state index contributed by atoms with van der Waals surface area (Å²) in [5.41, 5.74) is 0.645. The van der Waals surface area contributed by atoms with Crippen molar-refractivity contribution in [1.82, 2.24) is 9.55 Å². The summed E-state index contributed by atoms with van der Waals surface area (Å²) in [6, 6.07) is 7.22. The minimum Gasteiger partial charge on any atom is -0.272 e. The van der Waals surface area contributed by atoms with Crippen LogP contribution in [0.15, 0.2) is 47.5 Å². The molecule has 0 amide bonds. The first-order valence-electron chi connectivity index (χ1n) is 4.05. The summed E-state index contributed by atoms with van der Waals surface area (Å²) >= 11 is 3.31. The molecule has 4 heteroatoms. The van der Waals surface area contributed by atoms with Crippen molar-refractivity contribution in [3.05, 3.63) is 53.0 Å². The molecule has 0 aliphatic carbocycles. The molecule has 0 aliphatic heterocycles. The number of hydrogen-bond donors (Lipinski definition) is 0. The van der Waals surface area contributed by atoms with E-state index in [4.69, 9.17) is 0 Å². The van der Waals surface area contributed by atoms with Crippen LogP contribution < -0.4 is 0 Å². The van der Waals surface area contributed by atoms with Crippen molar-refractivity contribution in [2.24, 2.45) is 0 Å². The van der Waals surface area contributed by atoms with E-state index in [0.29, 0.717) is 5.56 Å². The number of aromatic nitrogens is 2.